The number of alkyl halides is 3. The maximum atomic E-state index is 14.2. The number of carbonyl (C=O) groups excluding carboxylic acids is 2. The van der Waals surface area contributed by atoms with Crippen molar-refractivity contribution in [2.45, 2.75) is 101 Å². The molecule has 0 radical (unpaired) electrons. The van der Waals surface area contributed by atoms with Crippen LogP contribution in [0.15, 0.2) is 66.0 Å². The van der Waals surface area contributed by atoms with E-state index in [4.69, 9.17) is 5.14 Å². The summed E-state index contributed by atoms with van der Waals surface area (Å²) in [5, 5.41) is 24.3. The molecule has 4 fully saturated rings. The molecule has 5 heterocycles. The zero-order chi connectivity index (χ0) is 42.7. The molecule has 8 rings (SSSR count). The average molecular weight is 852 g/mol. The van der Waals surface area contributed by atoms with Crippen LogP contribution in [0, 0.1) is 17.2 Å². The quantitative estimate of drug-likeness (QED) is 0.0707. The predicted molar refractivity (Wildman–Crippen MR) is 223 cm³/mol. The number of imide groups is 1. The zero-order valence-electron chi connectivity index (χ0n) is 34.0. The summed E-state index contributed by atoms with van der Waals surface area (Å²) >= 11 is 0.857. The lowest BCUT2D eigenvalue weighted by Gasteiger charge is -2.55. The summed E-state index contributed by atoms with van der Waals surface area (Å²) in [6.07, 6.45) is 9.38. The van der Waals surface area contributed by atoms with Crippen LogP contribution < -0.4 is 20.7 Å². The van der Waals surface area contributed by atoms with Crippen LogP contribution in [0.1, 0.15) is 88.7 Å². The molecule has 2 aromatic heterocycles. The van der Waals surface area contributed by atoms with Gasteiger partial charge in [-0.2, -0.15) is 18.3 Å². The minimum atomic E-state index is -4.71. The van der Waals surface area contributed by atoms with E-state index in [9.17, 15) is 32.3 Å². The Labute approximate surface area is 351 Å². The first-order chi connectivity index (χ1) is 28.6. The fourth-order valence-electron chi connectivity index (χ4n) is 8.79. The molecule has 3 saturated heterocycles. The topological polar surface area (TPSA) is 155 Å². The Kier molecular flexibility index (Phi) is 13.2. The van der Waals surface area contributed by atoms with Crippen molar-refractivity contribution in [3.63, 3.8) is 0 Å². The van der Waals surface area contributed by atoms with Crippen LogP contribution in [-0.4, -0.2) is 79.9 Å². The monoisotopic (exact) mass is 851 g/mol. The van der Waals surface area contributed by atoms with Crippen molar-refractivity contribution < 1.29 is 32.3 Å². The summed E-state index contributed by atoms with van der Waals surface area (Å²) in [5.74, 6) is -0.420. The Morgan fingerprint density at radius 3 is 2.43 bits per heavy atom. The average Bonchev–Trinajstić information content (AvgIpc) is 3.65. The second-order valence-electron chi connectivity index (χ2n) is 17.3. The molecule has 1 spiro atoms. The molecular weight excluding hydrogens is 799 g/mol. The number of nitrogens with zero attached hydrogens (tertiary/aromatic N) is 6. The number of likely N-dealkylation sites (tertiary alicyclic amines) is 1. The summed E-state index contributed by atoms with van der Waals surface area (Å²) < 4.78 is 55.9. The molecule has 4 aromatic rings. The van der Waals surface area contributed by atoms with Crippen molar-refractivity contribution in [3.8, 4) is 11.3 Å². The van der Waals surface area contributed by atoms with Crippen LogP contribution >= 0.6 is 11.9 Å². The third kappa shape index (κ3) is 10.8. The van der Waals surface area contributed by atoms with E-state index in [-0.39, 0.29) is 41.5 Å². The van der Waals surface area contributed by atoms with Crippen molar-refractivity contribution in [2.75, 3.05) is 42.9 Å². The van der Waals surface area contributed by atoms with Crippen LogP contribution in [0.5, 0.6) is 0 Å². The number of benzene rings is 2. The number of carbonyl (C=O) groups is 2. The van der Waals surface area contributed by atoms with Gasteiger partial charge in [0.15, 0.2) is 0 Å². The fourth-order valence-corrected chi connectivity index (χ4v) is 9.10. The Hall–Kier alpha value is -4.58. The van der Waals surface area contributed by atoms with Crippen LogP contribution in [0.3, 0.4) is 0 Å². The number of nitrogens with one attached hydrogen (secondary N) is 2. The molecule has 2 amide bonds. The predicted octanol–water partition coefficient (Wildman–Crippen LogP) is 7.67. The third-order valence-corrected chi connectivity index (χ3v) is 12.5. The van der Waals surface area contributed by atoms with Gasteiger partial charge in [-0.1, -0.05) is 31.4 Å². The van der Waals surface area contributed by atoms with Gasteiger partial charge in [-0.3, -0.25) is 24.7 Å². The number of halogens is 4. The lowest BCUT2D eigenvalue weighted by molar-refractivity contribution is -0.137. The first-order valence-corrected chi connectivity index (χ1v) is 21.5. The van der Waals surface area contributed by atoms with E-state index in [1.807, 2.05) is 6.07 Å². The number of aliphatic hydroxyl groups is 1. The maximum Gasteiger partial charge on any atom is 0.419 e. The minimum absolute atomic E-state index is 0.0174. The highest BCUT2D eigenvalue weighted by molar-refractivity contribution is 7.97. The molecule has 322 valence electrons. The van der Waals surface area contributed by atoms with Gasteiger partial charge in [-0.25, -0.2) is 14.4 Å². The van der Waals surface area contributed by atoms with E-state index in [1.54, 1.807) is 19.9 Å². The van der Waals surface area contributed by atoms with Gasteiger partial charge in [0.2, 0.25) is 17.8 Å². The van der Waals surface area contributed by atoms with Gasteiger partial charge in [0.25, 0.3) is 0 Å². The van der Waals surface area contributed by atoms with Gasteiger partial charge >= 0.3 is 6.18 Å². The van der Waals surface area contributed by atoms with E-state index in [0.29, 0.717) is 29.3 Å². The molecule has 3 aliphatic heterocycles. The van der Waals surface area contributed by atoms with Crippen LogP contribution in [0.4, 0.5) is 34.9 Å². The van der Waals surface area contributed by atoms with Gasteiger partial charge in [-0.05, 0) is 113 Å². The highest BCUT2D eigenvalue weighted by Gasteiger charge is 2.45. The fraction of sp³-hybridized carbons (Fsp3) is 0.512. The van der Waals surface area contributed by atoms with Gasteiger partial charge in [0, 0.05) is 60.0 Å². The first kappa shape index (κ1) is 43.5. The number of hydrogen-bond donors (Lipinski definition) is 4. The summed E-state index contributed by atoms with van der Waals surface area (Å²) in [6, 6.07) is 12.5. The van der Waals surface area contributed by atoms with E-state index in [1.165, 1.54) is 99.5 Å². The van der Waals surface area contributed by atoms with Gasteiger partial charge in [-0.15, -0.1) is 0 Å². The highest BCUT2D eigenvalue weighted by atomic mass is 32.2. The summed E-state index contributed by atoms with van der Waals surface area (Å²) in [4.78, 5) is 37.0. The van der Waals surface area contributed by atoms with Crippen molar-refractivity contribution in [1.82, 2.24) is 30.0 Å². The lowest BCUT2D eigenvalue weighted by atomic mass is 9.71. The number of amides is 2. The van der Waals surface area contributed by atoms with E-state index in [2.05, 4.69) is 53.7 Å². The Bertz CT molecular complexity index is 2140. The number of rotatable bonds is 10. The number of aromatic nitrogens is 4. The maximum absolute atomic E-state index is 14.2. The molecule has 1 aliphatic carbocycles. The largest absolute Gasteiger partial charge is 0.419 e. The lowest BCUT2D eigenvalue weighted by Crippen LogP contribution is -2.60. The first-order valence-electron chi connectivity index (χ1n) is 20.6. The molecule has 4 aliphatic rings. The van der Waals surface area contributed by atoms with Crippen molar-refractivity contribution in [1.29, 1.82) is 0 Å². The second-order valence-corrected chi connectivity index (χ2v) is 18.0. The number of hydrogen-bond acceptors (Lipinski definition) is 11. The van der Waals surface area contributed by atoms with Crippen LogP contribution in [0.25, 0.3) is 11.3 Å². The third-order valence-electron chi connectivity index (χ3n) is 12.0. The highest BCUT2D eigenvalue weighted by Crippen LogP contribution is 2.44. The molecule has 1 atom stereocenters. The van der Waals surface area contributed by atoms with Gasteiger partial charge in [0.1, 0.15) is 11.4 Å². The number of nitrogens with two attached hydrogens (primary N) is 1. The summed E-state index contributed by atoms with van der Waals surface area (Å²) in [7, 11) is 0. The standard InChI is InChI=1S/C25H35N3O2.C18H18F4N6OS/c29-23-10-9-22(24(30)26-23)20-7-4-8-21(15-20)28-17-25(18-28)11-13-27(14-12-25)16-19-5-2-1-3-6-19;1-17(2,29)9-28-8-10(6-25-28)15-12(18(20,21)22)7-24-16(27-15)26-14-4-3-11(30-23)5-13(14)19/h4,7-8,15,19,22H,1-3,5-6,9-14,16-18H2,(H,26,29,30);3-8,29H,9,23H2,1-2H3,(H,24,26,27). The molecule has 2 aromatic carbocycles. The molecule has 17 heteroatoms. The molecule has 60 heavy (non-hydrogen) atoms. The molecule has 1 unspecified atom stereocenters. The second kappa shape index (κ2) is 18.2. The SMILES string of the molecule is CC(C)(O)Cn1cc(-c2nc(Nc3ccc(SN)cc3F)ncc2C(F)(F)F)cn1.O=C1CCC(c2cccc(N3CC4(CCN(CC5CCCCC5)CC4)C3)c2)C(=O)N1. The Morgan fingerprint density at radius 1 is 1.02 bits per heavy atom. The van der Waals surface area contributed by atoms with E-state index >= 15 is 0 Å². The Morgan fingerprint density at radius 2 is 1.77 bits per heavy atom. The van der Waals surface area contributed by atoms with Gasteiger partial charge in [0.05, 0.1) is 35.6 Å². The molecular formula is C43H53F4N9O3S. The number of piperidine rings is 2. The molecule has 5 N–H and O–H groups in total. The zero-order valence-corrected chi connectivity index (χ0v) is 34.8. The number of anilines is 3. The minimum Gasteiger partial charge on any atom is -0.389 e. The normalized spacial score (nSPS) is 20.0. The molecule has 12 nitrogen and oxygen atoms in total. The molecule has 1 saturated carbocycles. The van der Waals surface area contributed by atoms with E-state index in [0.717, 1.165) is 36.5 Å². The van der Waals surface area contributed by atoms with Crippen molar-refractivity contribution >= 4 is 41.1 Å². The van der Waals surface area contributed by atoms with Crippen LogP contribution in [0.2, 0.25) is 0 Å². The van der Waals surface area contributed by atoms with E-state index < -0.39 is 28.9 Å². The van der Waals surface area contributed by atoms with Crippen molar-refractivity contribution in [2.24, 2.45) is 16.5 Å². The molecule has 0 bridgehead atoms. The summed E-state index contributed by atoms with van der Waals surface area (Å²) in [6.45, 7) is 9.30. The van der Waals surface area contributed by atoms with Crippen LogP contribution in [-0.2, 0) is 22.3 Å². The smallest absolute Gasteiger partial charge is 0.389 e. The van der Waals surface area contributed by atoms with Crippen molar-refractivity contribution in [3.05, 3.63) is 78.0 Å². The van der Waals surface area contributed by atoms with Gasteiger partial charge < -0.3 is 20.2 Å². The summed E-state index contributed by atoms with van der Waals surface area (Å²) in [5.41, 5.74) is 0.230. The Balaban J connectivity index is 0.000000181.